The van der Waals surface area contributed by atoms with Crippen molar-refractivity contribution in [3.8, 4) is 11.1 Å². The van der Waals surface area contributed by atoms with E-state index in [1.165, 1.54) is 16.0 Å². The maximum absolute atomic E-state index is 13.8. The van der Waals surface area contributed by atoms with Crippen LogP contribution in [0.2, 0.25) is 0 Å². The normalized spacial score (nSPS) is 18.1. The van der Waals surface area contributed by atoms with Gasteiger partial charge in [0.2, 0.25) is 5.91 Å². The van der Waals surface area contributed by atoms with Gasteiger partial charge in [-0.3, -0.25) is 9.59 Å². The molecule has 0 radical (unpaired) electrons. The average Bonchev–Trinajstić information content (AvgIpc) is 3.51. The fourth-order valence-electron chi connectivity index (χ4n) is 4.98. The summed E-state index contributed by atoms with van der Waals surface area (Å²) < 4.78 is 5.57. The van der Waals surface area contributed by atoms with Crippen LogP contribution in [-0.4, -0.2) is 45.7 Å². The van der Waals surface area contributed by atoms with E-state index in [9.17, 15) is 14.7 Å². The van der Waals surface area contributed by atoms with Gasteiger partial charge in [0.1, 0.15) is 6.04 Å². The number of aliphatic hydroxyl groups is 1. The Morgan fingerprint density at radius 3 is 2.36 bits per heavy atom. The lowest BCUT2D eigenvalue weighted by atomic mass is 9.91. The molecule has 1 aliphatic rings. The molecule has 7 nitrogen and oxygen atoms in total. The van der Waals surface area contributed by atoms with E-state index in [-0.39, 0.29) is 36.2 Å². The number of rotatable bonds is 6. The zero-order valence-electron chi connectivity index (χ0n) is 23.9. The van der Waals surface area contributed by atoms with Gasteiger partial charge in [-0.05, 0) is 49.9 Å². The van der Waals surface area contributed by atoms with Gasteiger partial charge < -0.3 is 19.8 Å². The molecular formula is C32H39N3O4. The summed E-state index contributed by atoms with van der Waals surface area (Å²) in [6.45, 7) is 13.8. The molecule has 1 fully saturated rings. The van der Waals surface area contributed by atoms with Crippen molar-refractivity contribution in [3.05, 3.63) is 82.8 Å². The van der Waals surface area contributed by atoms with Gasteiger partial charge in [-0.15, -0.1) is 0 Å². The number of amides is 2. The molecule has 4 rings (SSSR count). The fraction of sp³-hybridized carbons (Fsp3) is 0.406. The van der Waals surface area contributed by atoms with Crippen LogP contribution in [-0.2, 0) is 15.0 Å². The molecule has 206 valence electrons. The Morgan fingerprint density at radius 1 is 1.10 bits per heavy atom. The highest BCUT2D eigenvalue weighted by Crippen LogP contribution is 2.31. The first-order valence-electron chi connectivity index (χ1n) is 13.5. The minimum atomic E-state index is -0.791. The highest BCUT2D eigenvalue weighted by atomic mass is 16.5. The zero-order valence-corrected chi connectivity index (χ0v) is 23.9. The monoisotopic (exact) mass is 529 g/mol. The lowest BCUT2D eigenvalue weighted by Crippen LogP contribution is -2.46. The van der Waals surface area contributed by atoms with Crippen LogP contribution in [0.5, 0.6) is 0 Å². The Kier molecular flexibility index (Phi) is 8.12. The Balaban J connectivity index is 1.50. The Bertz CT molecular complexity index is 1380. The average molecular weight is 530 g/mol. The summed E-state index contributed by atoms with van der Waals surface area (Å²) in [5, 5.41) is 17.7. The van der Waals surface area contributed by atoms with E-state index in [1.807, 2.05) is 65.8 Å². The SMILES string of the molecule is CC(C)=C(C(=O)N1C[C@H](O)C[C@H]1C(=O)N[C@@H](C)c1ccc(-c2ccccc2C)cc1)c1cc(C(C)(C)C)no1. The van der Waals surface area contributed by atoms with Crippen LogP contribution < -0.4 is 5.32 Å². The number of nitrogens with zero attached hydrogens (tertiary/aromatic N) is 2. The van der Waals surface area contributed by atoms with Crippen molar-refractivity contribution in [1.82, 2.24) is 15.4 Å². The number of aromatic nitrogens is 1. The third kappa shape index (κ3) is 6.14. The zero-order chi connectivity index (χ0) is 28.5. The van der Waals surface area contributed by atoms with Crippen molar-refractivity contribution in [3.63, 3.8) is 0 Å². The number of carbonyl (C=O) groups is 2. The maximum atomic E-state index is 13.8. The standard InChI is InChI=1S/C32H39N3O4/c1-19(2)29(27-17-28(34-39-27)32(5,6)7)31(38)35-18-24(36)16-26(35)30(37)33-21(4)22-12-14-23(15-13-22)25-11-9-8-10-20(25)3/h8-15,17,21,24,26,36H,16,18H2,1-7H3,(H,33,37)/t21-,24+,26-/m0/s1. The minimum Gasteiger partial charge on any atom is -0.391 e. The first-order chi connectivity index (χ1) is 18.4. The Hall–Kier alpha value is -3.71. The third-order valence-corrected chi connectivity index (χ3v) is 7.31. The third-order valence-electron chi connectivity index (χ3n) is 7.31. The second kappa shape index (κ2) is 11.2. The Labute approximate surface area is 230 Å². The first kappa shape index (κ1) is 28.3. The summed E-state index contributed by atoms with van der Waals surface area (Å²) >= 11 is 0. The number of hydrogen-bond donors (Lipinski definition) is 2. The fourth-order valence-corrected chi connectivity index (χ4v) is 4.98. The Morgan fingerprint density at radius 2 is 1.77 bits per heavy atom. The summed E-state index contributed by atoms with van der Waals surface area (Å²) in [5.41, 5.74) is 6.06. The van der Waals surface area contributed by atoms with Crippen molar-refractivity contribution in [2.24, 2.45) is 0 Å². The molecule has 7 heteroatoms. The molecule has 2 aromatic carbocycles. The second-order valence-corrected chi connectivity index (χ2v) is 11.7. The molecule has 0 aliphatic carbocycles. The van der Waals surface area contributed by atoms with E-state index in [4.69, 9.17) is 4.52 Å². The van der Waals surface area contributed by atoms with Crippen LogP contribution in [0.4, 0.5) is 0 Å². The molecule has 0 unspecified atom stereocenters. The summed E-state index contributed by atoms with van der Waals surface area (Å²) in [4.78, 5) is 28.6. The van der Waals surface area contributed by atoms with Crippen molar-refractivity contribution < 1.29 is 19.2 Å². The van der Waals surface area contributed by atoms with E-state index >= 15 is 0 Å². The van der Waals surface area contributed by atoms with Crippen LogP contribution in [0.1, 0.15) is 76.6 Å². The van der Waals surface area contributed by atoms with E-state index in [1.54, 1.807) is 6.07 Å². The molecule has 3 atom stereocenters. The lowest BCUT2D eigenvalue weighted by molar-refractivity contribution is -0.135. The van der Waals surface area contributed by atoms with Gasteiger partial charge in [0.05, 0.1) is 23.4 Å². The van der Waals surface area contributed by atoms with Gasteiger partial charge in [-0.1, -0.05) is 80.0 Å². The smallest absolute Gasteiger partial charge is 0.258 e. The van der Waals surface area contributed by atoms with Gasteiger partial charge in [-0.2, -0.15) is 0 Å². The molecule has 1 saturated heterocycles. The van der Waals surface area contributed by atoms with Gasteiger partial charge in [0.15, 0.2) is 5.76 Å². The highest BCUT2D eigenvalue weighted by molar-refractivity contribution is 6.20. The summed E-state index contributed by atoms with van der Waals surface area (Å²) in [7, 11) is 0. The number of benzene rings is 2. The van der Waals surface area contributed by atoms with Crippen LogP contribution in [0.3, 0.4) is 0 Å². The highest BCUT2D eigenvalue weighted by Gasteiger charge is 2.41. The van der Waals surface area contributed by atoms with Gasteiger partial charge in [0, 0.05) is 24.4 Å². The molecule has 1 aliphatic heterocycles. The van der Waals surface area contributed by atoms with Gasteiger partial charge in [-0.25, -0.2) is 0 Å². The lowest BCUT2D eigenvalue weighted by Gasteiger charge is -2.26. The number of likely N-dealkylation sites (tertiary alicyclic amines) is 1. The van der Waals surface area contributed by atoms with Gasteiger partial charge in [0.25, 0.3) is 5.91 Å². The molecular weight excluding hydrogens is 490 g/mol. The second-order valence-electron chi connectivity index (χ2n) is 11.7. The number of carbonyl (C=O) groups excluding carboxylic acids is 2. The van der Waals surface area contributed by atoms with E-state index in [0.717, 1.165) is 22.4 Å². The minimum absolute atomic E-state index is 0.0769. The topological polar surface area (TPSA) is 95.7 Å². The number of nitrogens with one attached hydrogen (secondary N) is 1. The van der Waals surface area contributed by atoms with Crippen LogP contribution >= 0.6 is 0 Å². The quantitative estimate of drug-likeness (QED) is 0.407. The number of aryl methyl sites for hydroxylation is 1. The molecule has 2 amide bonds. The van der Waals surface area contributed by atoms with Crippen molar-refractivity contribution in [2.75, 3.05) is 6.54 Å². The van der Waals surface area contributed by atoms with Crippen LogP contribution in [0.15, 0.2) is 64.7 Å². The molecule has 2 heterocycles. The first-order valence-corrected chi connectivity index (χ1v) is 13.5. The van der Waals surface area contributed by atoms with E-state index < -0.39 is 12.1 Å². The van der Waals surface area contributed by atoms with Crippen LogP contribution in [0.25, 0.3) is 16.7 Å². The largest absolute Gasteiger partial charge is 0.391 e. The molecule has 0 saturated carbocycles. The van der Waals surface area contributed by atoms with Crippen LogP contribution in [0, 0.1) is 6.92 Å². The summed E-state index contributed by atoms with van der Waals surface area (Å²) in [6, 6.07) is 17.1. The number of aliphatic hydroxyl groups excluding tert-OH is 1. The molecule has 0 bridgehead atoms. The number of allylic oxidation sites excluding steroid dienone is 1. The number of hydrogen-bond acceptors (Lipinski definition) is 5. The van der Waals surface area contributed by atoms with Crippen molar-refractivity contribution in [1.29, 1.82) is 0 Å². The predicted octanol–water partition coefficient (Wildman–Crippen LogP) is 5.58. The van der Waals surface area contributed by atoms with Gasteiger partial charge >= 0.3 is 0 Å². The van der Waals surface area contributed by atoms with E-state index in [2.05, 4.69) is 41.7 Å². The predicted molar refractivity (Wildman–Crippen MR) is 153 cm³/mol. The summed E-state index contributed by atoms with van der Waals surface area (Å²) in [5.74, 6) is -0.275. The molecule has 1 aromatic heterocycles. The van der Waals surface area contributed by atoms with Crippen molar-refractivity contribution >= 4 is 17.4 Å². The number of β-amino-alcohol motifs (C(OH)–C–C–N with tert-alkyl or cyclic N) is 1. The molecule has 39 heavy (non-hydrogen) atoms. The molecule has 2 N–H and O–H groups in total. The molecule has 3 aromatic rings. The van der Waals surface area contributed by atoms with Crippen molar-refractivity contribution in [2.45, 2.75) is 78.5 Å². The maximum Gasteiger partial charge on any atom is 0.258 e. The molecule has 0 spiro atoms. The van der Waals surface area contributed by atoms with E-state index in [0.29, 0.717) is 11.3 Å². The summed E-state index contributed by atoms with van der Waals surface area (Å²) in [6.07, 6.45) is -0.609.